The summed E-state index contributed by atoms with van der Waals surface area (Å²) < 4.78 is 0. The highest BCUT2D eigenvalue weighted by Gasteiger charge is 2.18. The molecule has 2 aromatic heterocycles. The lowest BCUT2D eigenvalue weighted by molar-refractivity contribution is 0.103. The van der Waals surface area contributed by atoms with Gasteiger partial charge in [0.25, 0.3) is 0 Å². The number of benzene rings is 1. The molecule has 0 bridgehead atoms. The molecular weight excluding hydrogens is 362 g/mol. The molecule has 1 aliphatic heterocycles. The fourth-order valence-electron chi connectivity index (χ4n) is 3.58. The van der Waals surface area contributed by atoms with Gasteiger partial charge in [-0.1, -0.05) is 18.2 Å². The molecule has 1 aliphatic rings. The average molecular weight is 387 g/mol. The molecule has 6 nitrogen and oxygen atoms in total. The first-order valence-electron chi connectivity index (χ1n) is 9.92. The van der Waals surface area contributed by atoms with Gasteiger partial charge in [0.2, 0.25) is 5.78 Å². The summed E-state index contributed by atoms with van der Waals surface area (Å²) in [5.41, 5.74) is 10.1. The van der Waals surface area contributed by atoms with Crippen LogP contribution in [0.4, 0.5) is 11.5 Å². The van der Waals surface area contributed by atoms with Crippen LogP contribution in [0.3, 0.4) is 0 Å². The average Bonchev–Trinajstić information content (AvgIpc) is 3.03. The van der Waals surface area contributed by atoms with E-state index < -0.39 is 0 Å². The fourth-order valence-corrected chi connectivity index (χ4v) is 3.58. The minimum Gasteiger partial charge on any atom is -0.399 e. The number of nitrogens with zero attached hydrogens (tertiary/aromatic N) is 3. The van der Waals surface area contributed by atoms with Crippen LogP contribution in [0.2, 0.25) is 0 Å². The third kappa shape index (κ3) is 4.27. The summed E-state index contributed by atoms with van der Waals surface area (Å²) in [4.78, 5) is 24.6. The molecule has 0 saturated carbocycles. The van der Waals surface area contributed by atoms with Crippen molar-refractivity contribution in [2.24, 2.45) is 0 Å². The number of rotatable bonds is 4. The van der Waals surface area contributed by atoms with E-state index in [2.05, 4.69) is 20.2 Å². The Morgan fingerprint density at radius 1 is 1.07 bits per heavy atom. The van der Waals surface area contributed by atoms with Gasteiger partial charge in [-0.25, -0.2) is 4.98 Å². The molecule has 6 heteroatoms. The van der Waals surface area contributed by atoms with Gasteiger partial charge in [-0.05, 0) is 55.8 Å². The summed E-state index contributed by atoms with van der Waals surface area (Å²) in [7, 11) is 0. The Bertz CT molecular complexity index is 1030. The minimum absolute atomic E-state index is 0.115. The number of anilines is 2. The summed E-state index contributed by atoms with van der Waals surface area (Å²) in [6.45, 7) is 5.60. The molecule has 1 saturated heterocycles. The Morgan fingerprint density at radius 3 is 2.79 bits per heavy atom. The predicted octanol–water partition coefficient (Wildman–Crippen LogP) is 3.06. The molecule has 0 unspecified atom stereocenters. The SMILES string of the molecule is Cc1ncc(-c2cccc(N)c2)cc1C(=O)c1cccc(N2CCCNCC2)n1. The third-order valence-corrected chi connectivity index (χ3v) is 5.18. The maximum absolute atomic E-state index is 13.3. The van der Waals surface area contributed by atoms with Gasteiger partial charge in [-0.2, -0.15) is 0 Å². The van der Waals surface area contributed by atoms with Crippen molar-refractivity contribution in [1.29, 1.82) is 0 Å². The normalized spacial score (nSPS) is 14.4. The van der Waals surface area contributed by atoms with Gasteiger partial charge in [0.05, 0.1) is 0 Å². The van der Waals surface area contributed by atoms with Crippen molar-refractivity contribution >= 4 is 17.3 Å². The molecular formula is C23H25N5O. The van der Waals surface area contributed by atoms with Crippen LogP contribution in [0.5, 0.6) is 0 Å². The predicted molar refractivity (Wildman–Crippen MR) is 116 cm³/mol. The minimum atomic E-state index is -0.115. The van der Waals surface area contributed by atoms with Gasteiger partial charge in [0.15, 0.2) is 0 Å². The second kappa shape index (κ2) is 8.41. The van der Waals surface area contributed by atoms with E-state index in [4.69, 9.17) is 5.73 Å². The number of carbonyl (C=O) groups excluding carboxylic acids is 1. The lowest BCUT2D eigenvalue weighted by Crippen LogP contribution is -2.29. The maximum atomic E-state index is 13.3. The number of carbonyl (C=O) groups is 1. The Labute approximate surface area is 170 Å². The zero-order valence-electron chi connectivity index (χ0n) is 16.6. The number of nitrogen functional groups attached to an aromatic ring is 1. The van der Waals surface area contributed by atoms with Crippen molar-refractivity contribution in [1.82, 2.24) is 15.3 Å². The second-order valence-electron chi connectivity index (χ2n) is 7.28. The van der Waals surface area contributed by atoms with Gasteiger partial charge in [-0.15, -0.1) is 0 Å². The third-order valence-electron chi connectivity index (χ3n) is 5.18. The highest BCUT2D eigenvalue weighted by Crippen LogP contribution is 2.24. The molecule has 0 amide bonds. The standard InChI is InChI=1S/C23H25N5O/c1-16-20(14-18(15-26-16)17-5-2-6-19(24)13-17)23(29)21-7-3-8-22(27-21)28-11-4-9-25-10-12-28/h2-3,5-8,13-15,25H,4,9-12,24H2,1H3. The number of aromatic nitrogens is 2. The molecule has 4 rings (SSSR count). The Hall–Kier alpha value is -3.25. The zero-order chi connectivity index (χ0) is 20.2. The van der Waals surface area contributed by atoms with Crippen LogP contribution in [0.25, 0.3) is 11.1 Å². The van der Waals surface area contributed by atoms with Crippen LogP contribution in [-0.2, 0) is 0 Å². The van der Waals surface area contributed by atoms with Crippen molar-refractivity contribution in [2.45, 2.75) is 13.3 Å². The molecule has 1 fully saturated rings. The van der Waals surface area contributed by atoms with E-state index in [1.807, 2.05) is 49.4 Å². The number of hydrogen-bond acceptors (Lipinski definition) is 6. The quantitative estimate of drug-likeness (QED) is 0.529. The highest BCUT2D eigenvalue weighted by molar-refractivity contribution is 6.09. The van der Waals surface area contributed by atoms with Gasteiger partial charge >= 0.3 is 0 Å². The van der Waals surface area contributed by atoms with Gasteiger partial charge in [0, 0.05) is 48.3 Å². The van der Waals surface area contributed by atoms with Crippen LogP contribution in [0.15, 0.2) is 54.7 Å². The summed E-state index contributed by atoms with van der Waals surface area (Å²) >= 11 is 0. The fraction of sp³-hybridized carbons (Fsp3) is 0.261. The maximum Gasteiger partial charge on any atom is 0.213 e. The van der Waals surface area contributed by atoms with Crippen LogP contribution < -0.4 is 16.0 Å². The number of nitrogens with two attached hydrogens (primary N) is 1. The monoisotopic (exact) mass is 387 g/mol. The number of pyridine rings is 2. The summed E-state index contributed by atoms with van der Waals surface area (Å²) in [6, 6.07) is 15.1. The number of aryl methyl sites for hydroxylation is 1. The second-order valence-corrected chi connectivity index (χ2v) is 7.28. The molecule has 29 heavy (non-hydrogen) atoms. The molecule has 3 heterocycles. The molecule has 3 N–H and O–H groups in total. The smallest absolute Gasteiger partial charge is 0.213 e. The van der Waals surface area contributed by atoms with Crippen molar-refractivity contribution in [3.8, 4) is 11.1 Å². The molecule has 0 atom stereocenters. The summed E-state index contributed by atoms with van der Waals surface area (Å²) in [5, 5.41) is 3.39. The summed E-state index contributed by atoms with van der Waals surface area (Å²) in [5.74, 6) is 0.729. The lowest BCUT2D eigenvalue weighted by atomic mass is 10.0. The van der Waals surface area contributed by atoms with Crippen molar-refractivity contribution in [3.05, 3.63) is 71.7 Å². The van der Waals surface area contributed by atoms with E-state index >= 15 is 0 Å². The van der Waals surface area contributed by atoms with Gasteiger partial charge < -0.3 is 16.0 Å². The van der Waals surface area contributed by atoms with Crippen LogP contribution >= 0.6 is 0 Å². The molecule has 0 radical (unpaired) electrons. The van der Waals surface area contributed by atoms with Crippen LogP contribution in [-0.4, -0.2) is 41.9 Å². The lowest BCUT2D eigenvalue weighted by Gasteiger charge is -2.21. The summed E-state index contributed by atoms with van der Waals surface area (Å²) in [6.07, 6.45) is 2.83. The molecule has 3 aromatic rings. The number of ketones is 1. The molecule has 1 aromatic carbocycles. The van der Waals surface area contributed by atoms with Crippen molar-refractivity contribution in [3.63, 3.8) is 0 Å². The van der Waals surface area contributed by atoms with E-state index in [1.54, 1.807) is 12.3 Å². The first-order chi connectivity index (χ1) is 14.1. The molecule has 148 valence electrons. The largest absolute Gasteiger partial charge is 0.399 e. The van der Waals surface area contributed by atoms with Gasteiger partial charge in [-0.3, -0.25) is 9.78 Å². The van der Waals surface area contributed by atoms with Crippen molar-refractivity contribution in [2.75, 3.05) is 36.8 Å². The molecule has 0 aliphatic carbocycles. The highest BCUT2D eigenvalue weighted by atomic mass is 16.1. The van der Waals surface area contributed by atoms with E-state index in [-0.39, 0.29) is 5.78 Å². The Morgan fingerprint density at radius 2 is 1.93 bits per heavy atom. The topological polar surface area (TPSA) is 84.1 Å². The zero-order valence-corrected chi connectivity index (χ0v) is 16.6. The van der Waals surface area contributed by atoms with Crippen molar-refractivity contribution < 1.29 is 4.79 Å². The van der Waals surface area contributed by atoms with Crippen LogP contribution in [0, 0.1) is 6.92 Å². The van der Waals surface area contributed by atoms with Gasteiger partial charge in [0.1, 0.15) is 11.5 Å². The number of nitrogens with one attached hydrogen (secondary N) is 1. The molecule has 0 spiro atoms. The van der Waals surface area contributed by atoms with E-state index in [1.165, 1.54) is 0 Å². The van der Waals surface area contributed by atoms with E-state index in [0.717, 1.165) is 49.5 Å². The van der Waals surface area contributed by atoms with E-state index in [0.29, 0.717) is 22.6 Å². The first-order valence-corrected chi connectivity index (χ1v) is 9.92. The first kappa shape index (κ1) is 19.1. The Kier molecular flexibility index (Phi) is 5.53. The Balaban J connectivity index is 1.66. The number of hydrogen-bond donors (Lipinski definition) is 2. The van der Waals surface area contributed by atoms with Crippen LogP contribution in [0.1, 0.15) is 28.2 Å². The van der Waals surface area contributed by atoms with E-state index in [9.17, 15) is 4.79 Å².